The van der Waals surface area contributed by atoms with Crippen LogP contribution in [-0.2, 0) is 0 Å². The molecule has 0 radical (unpaired) electrons. The molecule has 0 bridgehead atoms. The number of rotatable bonds is 2. The maximum absolute atomic E-state index is 5.67. The largest absolute Gasteiger partial charge is 0.497 e. The van der Waals surface area contributed by atoms with Gasteiger partial charge in [0.1, 0.15) is 5.75 Å². The van der Waals surface area contributed by atoms with Gasteiger partial charge in [0.05, 0.1) is 31.4 Å². The summed E-state index contributed by atoms with van der Waals surface area (Å²) in [7, 11) is 1.65. The highest BCUT2D eigenvalue weighted by Gasteiger charge is 2.08. The molecule has 3 aromatic rings. The van der Waals surface area contributed by atoms with Crippen molar-refractivity contribution in [3.05, 3.63) is 42.9 Å². The molecule has 2 heterocycles. The fourth-order valence-electron chi connectivity index (χ4n) is 1.88. The summed E-state index contributed by atoms with van der Waals surface area (Å²) in [6.07, 6.45) is 5.14. The molecule has 5 nitrogen and oxygen atoms in total. The molecule has 1 aromatic carbocycles. The normalized spacial score (nSPS) is 10.7. The van der Waals surface area contributed by atoms with Crippen molar-refractivity contribution in [2.75, 3.05) is 12.8 Å². The Labute approximate surface area is 104 Å². The van der Waals surface area contributed by atoms with Crippen LogP contribution in [0.2, 0.25) is 0 Å². The summed E-state index contributed by atoms with van der Waals surface area (Å²) in [5.41, 5.74) is 9.00. The van der Waals surface area contributed by atoms with Crippen LogP contribution in [0.5, 0.6) is 5.75 Å². The fraction of sp³-hybridized carbons (Fsp3) is 0.0769. The second-order valence-electron chi connectivity index (χ2n) is 3.95. The van der Waals surface area contributed by atoms with Gasteiger partial charge in [-0.05, 0) is 17.7 Å². The topological polar surface area (TPSA) is 65.4 Å². The number of nitrogens with two attached hydrogens (primary N) is 1. The molecule has 2 N–H and O–H groups in total. The van der Waals surface area contributed by atoms with E-state index in [1.807, 2.05) is 24.3 Å². The van der Waals surface area contributed by atoms with Crippen molar-refractivity contribution in [3.8, 4) is 16.9 Å². The Hall–Kier alpha value is -2.56. The van der Waals surface area contributed by atoms with Crippen molar-refractivity contribution in [2.24, 2.45) is 0 Å². The Bertz CT molecular complexity index is 705. The number of hydrogen-bond donors (Lipinski definition) is 1. The van der Waals surface area contributed by atoms with E-state index in [9.17, 15) is 0 Å². The zero-order valence-corrected chi connectivity index (χ0v) is 9.87. The van der Waals surface area contributed by atoms with Crippen molar-refractivity contribution in [1.29, 1.82) is 0 Å². The van der Waals surface area contributed by atoms with E-state index in [-0.39, 0.29) is 0 Å². The molecule has 0 saturated heterocycles. The average Bonchev–Trinajstić information content (AvgIpc) is 2.81. The van der Waals surface area contributed by atoms with Crippen LogP contribution in [0.1, 0.15) is 0 Å². The van der Waals surface area contributed by atoms with Crippen LogP contribution in [0.15, 0.2) is 42.9 Å². The van der Waals surface area contributed by atoms with E-state index >= 15 is 0 Å². The first-order chi connectivity index (χ1) is 8.78. The van der Waals surface area contributed by atoms with Crippen LogP contribution in [0.25, 0.3) is 16.8 Å². The Kier molecular flexibility index (Phi) is 2.37. The molecular formula is C13H12N4O. The molecule has 0 saturated carbocycles. The van der Waals surface area contributed by atoms with Gasteiger partial charge in [-0.25, -0.2) is 9.50 Å². The first-order valence-corrected chi connectivity index (χ1v) is 5.51. The molecule has 18 heavy (non-hydrogen) atoms. The second-order valence-corrected chi connectivity index (χ2v) is 3.95. The van der Waals surface area contributed by atoms with Crippen LogP contribution in [0.4, 0.5) is 5.69 Å². The smallest absolute Gasteiger partial charge is 0.162 e. The maximum atomic E-state index is 5.67. The van der Waals surface area contributed by atoms with Gasteiger partial charge >= 0.3 is 0 Å². The van der Waals surface area contributed by atoms with Crippen LogP contribution in [-0.4, -0.2) is 21.7 Å². The van der Waals surface area contributed by atoms with E-state index in [1.165, 1.54) is 0 Å². The number of methoxy groups -OCH3 is 1. The zero-order valence-electron chi connectivity index (χ0n) is 9.87. The van der Waals surface area contributed by atoms with Crippen molar-refractivity contribution in [1.82, 2.24) is 14.6 Å². The first kappa shape index (κ1) is 10.6. The monoisotopic (exact) mass is 240 g/mol. The minimum atomic E-state index is 0.586. The van der Waals surface area contributed by atoms with E-state index in [1.54, 1.807) is 30.2 Å². The van der Waals surface area contributed by atoms with Crippen molar-refractivity contribution < 1.29 is 4.74 Å². The minimum absolute atomic E-state index is 0.586. The van der Waals surface area contributed by atoms with Gasteiger partial charge in [-0.15, -0.1) is 0 Å². The Balaban J connectivity index is 2.19. The van der Waals surface area contributed by atoms with E-state index < -0.39 is 0 Å². The lowest BCUT2D eigenvalue weighted by Crippen LogP contribution is -1.94. The van der Waals surface area contributed by atoms with Crippen LogP contribution >= 0.6 is 0 Å². The number of aromatic nitrogens is 3. The lowest BCUT2D eigenvalue weighted by molar-refractivity contribution is 0.415. The van der Waals surface area contributed by atoms with Gasteiger partial charge in [0.25, 0.3) is 0 Å². The van der Waals surface area contributed by atoms with Crippen molar-refractivity contribution >= 4 is 11.3 Å². The molecule has 0 spiro atoms. The highest BCUT2D eigenvalue weighted by Crippen LogP contribution is 2.26. The third-order valence-electron chi connectivity index (χ3n) is 2.76. The predicted octanol–water partition coefficient (Wildman–Crippen LogP) is 1.99. The number of ether oxygens (including phenoxy) is 1. The van der Waals surface area contributed by atoms with Gasteiger partial charge in [-0.1, -0.05) is 12.1 Å². The zero-order chi connectivity index (χ0) is 12.5. The molecule has 0 amide bonds. The molecule has 0 atom stereocenters. The van der Waals surface area contributed by atoms with Gasteiger partial charge in [-0.3, -0.25) is 0 Å². The number of nitrogen functional groups attached to an aromatic ring is 1. The van der Waals surface area contributed by atoms with Gasteiger partial charge in [0, 0.05) is 5.56 Å². The van der Waals surface area contributed by atoms with Gasteiger partial charge in [0.15, 0.2) is 5.65 Å². The minimum Gasteiger partial charge on any atom is -0.497 e. The molecule has 0 aliphatic carbocycles. The highest BCUT2D eigenvalue weighted by atomic mass is 16.5. The molecule has 90 valence electrons. The molecular weight excluding hydrogens is 228 g/mol. The summed E-state index contributed by atoms with van der Waals surface area (Å²) in [6.45, 7) is 0. The number of anilines is 1. The molecule has 0 aliphatic heterocycles. The molecule has 2 aromatic heterocycles. The Morgan fingerprint density at radius 1 is 1.28 bits per heavy atom. The maximum Gasteiger partial charge on any atom is 0.162 e. The lowest BCUT2D eigenvalue weighted by Gasteiger charge is -2.03. The first-order valence-electron chi connectivity index (χ1n) is 5.51. The third-order valence-corrected chi connectivity index (χ3v) is 2.76. The van der Waals surface area contributed by atoms with Gasteiger partial charge in [0.2, 0.25) is 0 Å². The van der Waals surface area contributed by atoms with Gasteiger partial charge < -0.3 is 10.5 Å². The average molecular weight is 240 g/mol. The summed E-state index contributed by atoms with van der Waals surface area (Å²) in [5, 5.41) is 4.24. The van der Waals surface area contributed by atoms with Crippen molar-refractivity contribution in [2.45, 2.75) is 0 Å². The van der Waals surface area contributed by atoms with Gasteiger partial charge in [-0.2, -0.15) is 5.10 Å². The summed E-state index contributed by atoms with van der Waals surface area (Å²) in [4.78, 5) is 4.31. The fourth-order valence-corrected chi connectivity index (χ4v) is 1.88. The third kappa shape index (κ3) is 1.66. The van der Waals surface area contributed by atoms with E-state index in [0.29, 0.717) is 5.69 Å². The molecule has 5 heteroatoms. The highest BCUT2D eigenvalue weighted by molar-refractivity contribution is 5.77. The Morgan fingerprint density at radius 2 is 2.17 bits per heavy atom. The van der Waals surface area contributed by atoms with E-state index in [0.717, 1.165) is 22.5 Å². The molecule has 3 rings (SSSR count). The number of benzene rings is 1. The van der Waals surface area contributed by atoms with Crippen LogP contribution < -0.4 is 10.5 Å². The quantitative estimate of drug-likeness (QED) is 0.744. The number of fused-ring (bicyclic) bond motifs is 1. The Morgan fingerprint density at radius 3 is 3.00 bits per heavy atom. The number of hydrogen-bond acceptors (Lipinski definition) is 4. The summed E-state index contributed by atoms with van der Waals surface area (Å²) in [5.74, 6) is 0.808. The second kappa shape index (κ2) is 4.03. The van der Waals surface area contributed by atoms with E-state index in [4.69, 9.17) is 10.5 Å². The van der Waals surface area contributed by atoms with Crippen LogP contribution in [0.3, 0.4) is 0 Å². The summed E-state index contributed by atoms with van der Waals surface area (Å²) >= 11 is 0. The molecule has 0 aliphatic rings. The molecule has 0 unspecified atom stereocenters. The number of nitrogens with zero attached hydrogens (tertiary/aromatic N) is 3. The molecule has 0 fully saturated rings. The SMILES string of the molecule is COc1cccc(-c2cnn3cc(N)cnc23)c1. The standard InChI is InChI=1S/C13H12N4O/c1-18-11-4-2-3-9(5-11)12-7-16-17-8-10(14)6-15-13(12)17/h2-8H,14H2,1H3. The lowest BCUT2D eigenvalue weighted by atomic mass is 10.1. The predicted molar refractivity (Wildman–Crippen MR) is 69.4 cm³/mol. The van der Waals surface area contributed by atoms with Crippen LogP contribution in [0, 0.1) is 0 Å². The van der Waals surface area contributed by atoms with Crippen molar-refractivity contribution in [3.63, 3.8) is 0 Å². The summed E-state index contributed by atoms with van der Waals surface area (Å²) in [6, 6.07) is 7.79. The van der Waals surface area contributed by atoms with E-state index in [2.05, 4.69) is 10.1 Å². The summed E-state index contributed by atoms with van der Waals surface area (Å²) < 4.78 is 6.89.